The van der Waals surface area contributed by atoms with Crippen molar-refractivity contribution in [3.05, 3.63) is 107 Å². The highest BCUT2D eigenvalue weighted by molar-refractivity contribution is 5.91. The van der Waals surface area contributed by atoms with E-state index in [0.717, 1.165) is 0 Å². The summed E-state index contributed by atoms with van der Waals surface area (Å²) in [5, 5.41) is 16.9. The minimum atomic E-state index is -1.06. The lowest BCUT2D eigenvalue weighted by Crippen LogP contribution is -1.99. The first kappa shape index (κ1) is 22.6. The summed E-state index contributed by atoms with van der Waals surface area (Å²) in [6.45, 7) is 1.28. The highest BCUT2D eigenvalue weighted by atomic mass is 16.4. The van der Waals surface area contributed by atoms with Crippen LogP contribution < -0.4 is 11.5 Å². The van der Waals surface area contributed by atoms with Crippen LogP contribution in [0.15, 0.2) is 84.9 Å². The molecule has 0 fully saturated rings. The summed E-state index contributed by atoms with van der Waals surface area (Å²) in [5.74, 6) is -2.13. The molecule has 0 aromatic heterocycles. The van der Waals surface area contributed by atoms with Crippen molar-refractivity contribution in [1.29, 1.82) is 0 Å². The quantitative estimate of drug-likeness (QED) is 0.550. The predicted octanol–water partition coefficient (Wildman–Crippen LogP) is 3.37. The molecule has 3 aromatic rings. The molecule has 0 aliphatic carbocycles. The summed E-state index contributed by atoms with van der Waals surface area (Å²) in [7, 11) is 0. The van der Waals surface area contributed by atoms with Gasteiger partial charge in [0.2, 0.25) is 0 Å². The Bertz CT molecular complexity index is 763. The Morgan fingerprint density at radius 3 is 1.04 bits per heavy atom. The van der Waals surface area contributed by atoms with Gasteiger partial charge in [0, 0.05) is 13.1 Å². The molecule has 0 spiro atoms. The molecule has 0 aliphatic heterocycles. The van der Waals surface area contributed by atoms with Gasteiger partial charge in [-0.2, -0.15) is 0 Å². The van der Waals surface area contributed by atoms with Gasteiger partial charge in [0.05, 0.1) is 11.1 Å². The molecule has 146 valence electrons. The van der Waals surface area contributed by atoms with Gasteiger partial charge in [-0.3, -0.25) is 0 Å². The predicted molar refractivity (Wildman–Crippen MR) is 109 cm³/mol. The maximum atomic E-state index is 10.3. The molecular weight excluding hydrogens is 356 g/mol. The number of carbonyl (C=O) groups is 2. The standard InChI is InChI=1S/C8H6O4.2C7H9N/c9-7(10)5-1-2-6(4-3-5)8(11)12;2*8-6-7-4-2-1-3-5-7/h1-4H,(H,9,10)(H,11,12);2*1-5H,6,8H2. The molecule has 0 saturated heterocycles. The number of hydrogen-bond donors (Lipinski definition) is 4. The zero-order chi connectivity index (χ0) is 20.8. The van der Waals surface area contributed by atoms with Gasteiger partial charge in [-0.15, -0.1) is 0 Å². The van der Waals surface area contributed by atoms with E-state index in [-0.39, 0.29) is 11.1 Å². The average Bonchev–Trinajstić information content (AvgIpc) is 2.75. The molecule has 6 N–H and O–H groups in total. The van der Waals surface area contributed by atoms with Crippen molar-refractivity contribution in [1.82, 2.24) is 0 Å². The third kappa shape index (κ3) is 8.75. The third-order valence-electron chi connectivity index (χ3n) is 3.54. The third-order valence-corrected chi connectivity index (χ3v) is 3.54. The largest absolute Gasteiger partial charge is 0.478 e. The number of rotatable bonds is 4. The van der Waals surface area contributed by atoms with Crippen molar-refractivity contribution in [3.63, 3.8) is 0 Å². The fraction of sp³-hybridized carbons (Fsp3) is 0.0909. The van der Waals surface area contributed by atoms with E-state index in [1.807, 2.05) is 60.7 Å². The van der Waals surface area contributed by atoms with Gasteiger partial charge in [-0.1, -0.05) is 60.7 Å². The molecule has 6 nitrogen and oxygen atoms in total. The second-order valence-electron chi connectivity index (χ2n) is 5.57. The second-order valence-corrected chi connectivity index (χ2v) is 5.57. The van der Waals surface area contributed by atoms with Crippen LogP contribution in [0.1, 0.15) is 31.8 Å². The van der Waals surface area contributed by atoms with Gasteiger partial charge in [0.1, 0.15) is 0 Å². The summed E-state index contributed by atoms with van der Waals surface area (Å²) in [6.07, 6.45) is 0. The molecule has 0 unspecified atom stereocenters. The summed E-state index contributed by atoms with van der Waals surface area (Å²) in [6, 6.07) is 25.0. The van der Waals surface area contributed by atoms with E-state index in [9.17, 15) is 9.59 Å². The molecule has 0 aliphatic rings. The number of hydrogen-bond acceptors (Lipinski definition) is 4. The average molecular weight is 380 g/mol. The fourth-order valence-electron chi connectivity index (χ4n) is 1.98. The van der Waals surface area contributed by atoms with Crippen LogP contribution in [0.25, 0.3) is 0 Å². The van der Waals surface area contributed by atoms with Gasteiger partial charge in [0.15, 0.2) is 0 Å². The molecule has 3 rings (SSSR count). The monoisotopic (exact) mass is 380 g/mol. The van der Waals surface area contributed by atoms with E-state index < -0.39 is 11.9 Å². The van der Waals surface area contributed by atoms with Gasteiger partial charge in [0.25, 0.3) is 0 Å². The van der Waals surface area contributed by atoms with Crippen LogP contribution >= 0.6 is 0 Å². The SMILES string of the molecule is NCc1ccccc1.NCc1ccccc1.O=C(O)c1ccc(C(=O)O)cc1. The highest BCUT2D eigenvalue weighted by Crippen LogP contribution is 2.03. The minimum absolute atomic E-state index is 0.0833. The van der Waals surface area contributed by atoms with Crippen LogP contribution in [-0.2, 0) is 13.1 Å². The molecule has 28 heavy (non-hydrogen) atoms. The van der Waals surface area contributed by atoms with Crippen molar-refractivity contribution >= 4 is 11.9 Å². The van der Waals surface area contributed by atoms with E-state index in [4.69, 9.17) is 21.7 Å². The molecule has 0 heterocycles. The maximum Gasteiger partial charge on any atom is 0.335 e. The fourth-order valence-corrected chi connectivity index (χ4v) is 1.98. The first-order valence-electron chi connectivity index (χ1n) is 8.52. The van der Waals surface area contributed by atoms with Crippen LogP contribution in [0, 0.1) is 0 Å². The molecular formula is C22H24N2O4. The molecule has 0 bridgehead atoms. The molecule has 0 atom stereocenters. The van der Waals surface area contributed by atoms with Crippen LogP contribution in [-0.4, -0.2) is 22.2 Å². The first-order chi connectivity index (χ1) is 13.5. The smallest absolute Gasteiger partial charge is 0.335 e. The summed E-state index contributed by atoms with van der Waals surface area (Å²) >= 11 is 0. The Hall–Kier alpha value is -3.48. The van der Waals surface area contributed by atoms with Crippen molar-refractivity contribution in [2.45, 2.75) is 13.1 Å². The first-order valence-corrected chi connectivity index (χ1v) is 8.52. The number of aromatic carboxylic acids is 2. The Morgan fingerprint density at radius 1 is 0.571 bits per heavy atom. The molecule has 3 aromatic carbocycles. The second kappa shape index (κ2) is 12.8. The lowest BCUT2D eigenvalue weighted by Gasteiger charge is -1.94. The van der Waals surface area contributed by atoms with Crippen molar-refractivity contribution < 1.29 is 19.8 Å². The molecule has 6 heteroatoms. The van der Waals surface area contributed by atoms with Crippen LogP contribution in [0.2, 0.25) is 0 Å². The summed E-state index contributed by atoms with van der Waals surface area (Å²) in [5.41, 5.74) is 13.2. The topological polar surface area (TPSA) is 127 Å². The summed E-state index contributed by atoms with van der Waals surface area (Å²) in [4.78, 5) is 20.7. The van der Waals surface area contributed by atoms with Gasteiger partial charge in [-0.05, 0) is 35.4 Å². The number of benzene rings is 3. The van der Waals surface area contributed by atoms with Crippen molar-refractivity contribution in [3.8, 4) is 0 Å². The Labute approximate surface area is 164 Å². The van der Waals surface area contributed by atoms with E-state index in [0.29, 0.717) is 13.1 Å². The lowest BCUT2D eigenvalue weighted by atomic mass is 10.1. The Morgan fingerprint density at radius 2 is 0.857 bits per heavy atom. The Kier molecular flexibility index (Phi) is 10.3. The highest BCUT2D eigenvalue weighted by Gasteiger charge is 2.04. The van der Waals surface area contributed by atoms with E-state index >= 15 is 0 Å². The maximum absolute atomic E-state index is 10.3. The van der Waals surface area contributed by atoms with Crippen molar-refractivity contribution in [2.75, 3.05) is 0 Å². The van der Waals surface area contributed by atoms with Crippen LogP contribution in [0.5, 0.6) is 0 Å². The summed E-state index contributed by atoms with van der Waals surface area (Å²) < 4.78 is 0. The van der Waals surface area contributed by atoms with Crippen LogP contribution in [0.3, 0.4) is 0 Å². The normalized spacial score (nSPS) is 9.21. The van der Waals surface area contributed by atoms with Gasteiger partial charge >= 0.3 is 11.9 Å². The number of nitrogens with two attached hydrogens (primary N) is 2. The van der Waals surface area contributed by atoms with Gasteiger partial charge < -0.3 is 21.7 Å². The number of carboxylic acids is 2. The molecule has 0 radical (unpaired) electrons. The zero-order valence-electron chi connectivity index (χ0n) is 15.4. The van der Waals surface area contributed by atoms with E-state index in [1.54, 1.807) is 0 Å². The molecule has 0 amide bonds. The van der Waals surface area contributed by atoms with Crippen molar-refractivity contribution in [2.24, 2.45) is 11.5 Å². The Balaban J connectivity index is 0.000000217. The van der Waals surface area contributed by atoms with Crippen LogP contribution in [0.4, 0.5) is 0 Å². The minimum Gasteiger partial charge on any atom is -0.478 e. The van der Waals surface area contributed by atoms with Gasteiger partial charge in [-0.25, -0.2) is 9.59 Å². The number of carboxylic acid groups (broad SMARTS) is 2. The van der Waals surface area contributed by atoms with E-state index in [2.05, 4.69) is 0 Å². The lowest BCUT2D eigenvalue weighted by molar-refractivity contribution is 0.0681. The zero-order valence-corrected chi connectivity index (χ0v) is 15.4. The van der Waals surface area contributed by atoms with E-state index in [1.165, 1.54) is 35.4 Å². The molecule has 0 saturated carbocycles.